The zero-order valence-corrected chi connectivity index (χ0v) is 11.5. The van der Waals surface area contributed by atoms with Gasteiger partial charge in [-0.15, -0.1) is 0 Å². The predicted octanol–water partition coefficient (Wildman–Crippen LogP) is 3.53. The van der Waals surface area contributed by atoms with Gasteiger partial charge >= 0.3 is 0 Å². The molecule has 2 N–H and O–H groups in total. The lowest BCUT2D eigenvalue weighted by Gasteiger charge is -2.28. The van der Waals surface area contributed by atoms with Gasteiger partial charge in [0.1, 0.15) is 0 Å². The Hall–Kier alpha value is -0.820. The van der Waals surface area contributed by atoms with Crippen LogP contribution in [0.4, 0.5) is 0 Å². The van der Waals surface area contributed by atoms with E-state index >= 15 is 0 Å². The summed E-state index contributed by atoms with van der Waals surface area (Å²) in [6.07, 6.45) is 0.974. The standard InChI is InChI=1S/C15H25N/c1-10-7-11(2)13(12(3)8-10)9-14(16)15(4,5)6/h7-8,14H,9,16H2,1-6H3. The van der Waals surface area contributed by atoms with Crippen LogP contribution in [0.2, 0.25) is 0 Å². The fraction of sp³-hybridized carbons (Fsp3) is 0.600. The summed E-state index contributed by atoms with van der Waals surface area (Å²) in [5.74, 6) is 0. The molecule has 0 aliphatic heterocycles. The van der Waals surface area contributed by atoms with E-state index in [1.807, 2.05) is 0 Å². The van der Waals surface area contributed by atoms with Crippen LogP contribution in [0.1, 0.15) is 43.0 Å². The second kappa shape index (κ2) is 4.58. The highest BCUT2D eigenvalue weighted by molar-refractivity contribution is 5.38. The monoisotopic (exact) mass is 219 g/mol. The number of rotatable bonds is 2. The fourth-order valence-electron chi connectivity index (χ4n) is 2.06. The van der Waals surface area contributed by atoms with Crippen LogP contribution in [0.3, 0.4) is 0 Å². The highest BCUT2D eigenvalue weighted by atomic mass is 14.7. The van der Waals surface area contributed by atoms with Gasteiger partial charge in [0, 0.05) is 6.04 Å². The summed E-state index contributed by atoms with van der Waals surface area (Å²) < 4.78 is 0. The van der Waals surface area contributed by atoms with Crippen molar-refractivity contribution >= 4 is 0 Å². The van der Waals surface area contributed by atoms with Crippen LogP contribution in [0, 0.1) is 26.2 Å². The summed E-state index contributed by atoms with van der Waals surface area (Å²) in [6, 6.07) is 4.71. The number of benzene rings is 1. The largest absolute Gasteiger partial charge is 0.327 e. The Bertz CT molecular complexity index is 349. The molecule has 0 aliphatic carbocycles. The zero-order chi connectivity index (χ0) is 12.5. The second-order valence-electron chi connectivity index (χ2n) is 6.05. The molecule has 1 aromatic rings. The third-order valence-corrected chi connectivity index (χ3v) is 3.38. The van der Waals surface area contributed by atoms with Crippen LogP contribution in [0.15, 0.2) is 12.1 Å². The van der Waals surface area contributed by atoms with E-state index in [4.69, 9.17) is 5.73 Å². The first-order valence-electron chi connectivity index (χ1n) is 6.04. The van der Waals surface area contributed by atoms with Crippen molar-refractivity contribution < 1.29 is 0 Å². The Kier molecular flexibility index (Phi) is 3.80. The van der Waals surface area contributed by atoms with Crippen LogP contribution in [0.25, 0.3) is 0 Å². The van der Waals surface area contributed by atoms with Crippen molar-refractivity contribution in [3.8, 4) is 0 Å². The Labute approximate surface area is 100 Å². The predicted molar refractivity (Wildman–Crippen MR) is 71.8 cm³/mol. The van der Waals surface area contributed by atoms with Crippen molar-refractivity contribution in [1.29, 1.82) is 0 Å². The lowest BCUT2D eigenvalue weighted by atomic mass is 9.82. The third kappa shape index (κ3) is 3.08. The van der Waals surface area contributed by atoms with Crippen molar-refractivity contribution in [3.63, 3.8) is 0 Å². The minimum atomic E-state index is 0.170. The van der Waals surface area contributed by atoms with Gasteiger partial charge in [-0.3, -0.25) is 0 Å². The molecule has 0 saturated heterocycles. The lowest BCUT2D eigenvalue weighted by molar-refractivity contribution is 0.318. The van der Waals surface area contributed by atoms with E-state index in [0.29, 0.717) is 0 Å². The molecule has 90 valence electrons. The van der Waals surface area contributed by atoms with Gasteiger partial charge in [0.25, 0.3) is 0 Å². The maximum Gasteiger partial charge on any atom is 0.0128 e. The minimum absolute atomic E-state index is 0.170. The van der Waals surface area contributed by atoms with Crippen molar-refractivity contribution in [2.45, 2.75) is 54.0 Å². The molecule has 1 aromatic carbocycles. The Balaban J connectivity index is 2.98. The highest BCUT2D eigenvalue weighted by Gasteiger charge is 2.21. The summed E-state index contributed by atoms with van der Waals surface area (Å²) in [4.78, 5) is 0. The molecule has 0 aliphatic rings. The molecular formula is C15H25N. The summed E-state index contributed by atoms with van der Waals surface area (Å²) in [7, 11) is 0. The molecule has 1 atom stereocenters. The van der Waals surface area contributed by atoms with Crippen molar-refractivity contribution in [3.05, 3.63) is 34.4 Å². The molecule has 1 unspecified atom stereocenters. The van der Waals surface area contributed by atoms with Gasteiger partial charge in [0.15, 0.2) is 0 Å². The first kappa shape index (κ1) is 13.2. The van der Waals surface area contributed by atoms with Gasteiger partial charge in [-0.25, -0.2) is 0 Å². The van der Waals surface area contributed by atoms with Crippen LogP contribution in [-0.4, -0.2) is 6.04 Å². The number of nitrogens with two attached hydrogens (primary N) is 1. The topological polar surface area (TPSA) is 26.0 Å². The summed E-state index contributed by atoms with van der Waals surface area (Å²) in [6.45, 7) is 13.1. The average Bonchev–Trinajstić information content (AvgIpc) is 2.08. The van der Waals surface area contributed by atoms with Gasteiger partial charge in [0.05, 0.1) is 0 Å². The Morgan fingerprint density at radius 2 is 1.50 bits per heavy atom. The van der Waals surface area contributed by atoms with Gasteiger partial charge in [-0.1, -0.05) is 38.5 Å². The van der Waals surface area contributed by atoms with E-state index in [2.05, 4.69) is 53.7 Å². The van der Waals surface area contributed by atoms with Crippen LogP contribution in [0.5, 0.6) is 0 Å². The summed E-state index contributed by atoms with van der Waals surface area (Å²) in [5.41, 5.74) is 11.9. The molecule has 0 saturated carbocycles. The van der Waals surface area contributed by atoms with Gasteiger partial charge in [0.2, 0.25) is 0 Å². The SMILES string of the molecule is Cc1cc(C)c(CC(N)C(C)(C)C)c(C)c1. The molecule has 1 nitrogen and oxygen atoms in total. The smallest absolute Gasteiger partial charge is 0.0128 e. The van der Waals surface area contributed by atoms with Crippen molar-refractivity contribution in [2.75, 3.05) is 0 Å². The molecule has 0 amide bonds. The van der Waals surface area contributed by atoms with Crippen LogP contribution >= 0.6 is 0 Å². The molecule has 0 spiro atoms. The van der Waals surface area contributed by atoms with E-state index < -0.39 is 0 Å². The van der Waals surface area contributed by atoms with E-state index in [0.717, 1.165) is 6.42 Å². The summed E-state index contributed by atoms with van der Waals surface area (Å²) >= 11 is 0. The second-order valence-corrected chi connectivity index (χ2v) is 6.05. The molecule has 16 heavy (non-hydrogen) atoms. The Morgan fingerprint density at radius 1 is 1.06 bits per heavy atom. The highest BCUT2D eigenvalue weighted by Crippen LogP contribution is 2.24. The van der Waals surface area contributed by atoms with Crippen LogP contribution in [-0.2, 0) is 6.42 Å². The van der Waals surface area contributed by atoms with E-state index in [1.165, 1.54) is 22.3 Å². The molecule has 0 fully saturated rings. The first-order chi connectivity index (χ1) is 7.21. The van der Waals surface area contributed by atoms with E-state index in [9.17, 15) is 0 Å². The first-order valence-corrected chi connectivity index (χ1v) is 6.04. The third-order valence-electron chi connectivity index (χ3n) is 3.38. The maximum absolute atomic E-state index is 6.26. The van der Waals surface area contributed by atoms with E-state index in [1.54, 1.807) is 0 Å². The maximum atomic E-state index is 6.26. The van der Waals surface area contributed by atoms with Gasteiger partial charge in [-0.2, -0.15) is 0 Å². The van der Waals surface area contributed by atoms with Gasteiger partial charge < -0.3 is 5.73 Å². The molecule has 1 rings (SSSR count). The molecule has 1 heteroatoms. The molecule has 0 bridgehead atoms. The van der Waals surface area contributed by atoms with Crippen molar-refractivity contribution in [2.24, 2.45) is 11.1 Å². The van der Waals surface area contributed by atoms with Crippen LogP contribution < -0.4 is 5.73 Å². The summed E-state index contributed by atoms with van der Waals surface area (Å²) in [5, 5.41) is 0. The molecule has 0 aromatic heterocycles. The normalized spacial score (nSPS) is 13.9. The number of hydrogen-bond donors (Lipinski definition) is 1. The van der Waals surface area contributed by atoms with Crippen molar-refractivity contribution in [1.82, 2.24) is 0 Å². The lowest BCUT2D eigenvalue weighted by Crippen LogP contribution is -2.37. The minimum Gasteiger partial charge on any atom is -0.327 e. The molecule has 0 radical (unpaired) electrons. The quantitative estimate of drug-likeness (QED) is 0.809. The number of aryl methyl sites for hydroxylation is 3. The Morgan fingerprint density at radius 3 is 1.88 bits per heavy atom. The number of hydrogen-bond acceptors (Lipinski definition) is 1. The molecular weight excluding hydrogens is 194 g/mol. The zero-order valence-electron chi connectivity index (χ0n) is 11.5. The van der Waals surface area contributed by atoms with Gasteiger partial charge in [-0.05, 0) is 49.3 Å². The van der Waals surface area contributed by atoms with E-state index in [-0.39, 0.29) is 11.5 Å². The molecule has 0 heterocycles. The average molecular weight is 219 g/mol. The fourth-order valence-corrected chi connectivity index (χ4v) is 2.06.